The van der Waals surface area contributed by atoms with Gasteiger partial charge in [-0.25, -0.2) is 18.4 Å². The van der Waals surface area contributed by atoms with Crippen LogP contribution in [0.15, 0.2) is 71.5 Å². The summed E-state index contributed by atoms with van der Waals surface area (Å²) in [5, 5.41) is 9.28. The van der Waals surface area contributed by atoms with E-state index in [9.17, 15) is 23.5 Å². The summed E-state index contributed by atoms with van der Waals surface area (Å²) in [7, 11) is 0. The zero-order valence-corrected chi connectivity index (χ0v) is 13.8. The number of carbonyl (C=O) groups is 1. The van der Waals surface area contributed by atoms with Gasteiger partial charge in [0.05, 0.1) is 28.0 Å². The zero-order chi connectivity index (χ0) is 19.1. The van der Waals surface area contributed by atoms with Crippen LogP contribution < -0.4 is 5.69 Å². The summed E-state index contributed by atoms with van der Waals surface area (Å²) in [6.45, 7) is 0. The minimum Gasteiger partial charge on any atom is -0.478 e. The second kappa shape index (κ2) is 6.21. The molecule has 1 heterocycles. The minimum absolute atomic E-state index is 0.00891. The zero-order valence-electron chi connectivity index (χ0n) is 13.8. The first-order chi connectivity index (χ1) is 13.0. The molecule has 3 aromatic carbocycles. The van der Waals surface area contributed by atoms with E-state index < -0.39 is 23.3 Å². The fourth-order valence-corrected chi connectivity index (χ4v) is 3.01. The van der Waals surface area contributed by atoms with Crippen molar-refractivity contribution in [3.8, 4) is 11.4 Å². The number of carboxylic acids is 1. The first-order valence-corrected chi connectivity index (χ1v) is 7.98. The average Bonchev–Trinajstić information content (AvgIpc) is 2.94. The molecule has 0 amide bonds. The first kappa shape index (κ1) is 16.7. The normalized spacial score (nSPS) is 11.0. The van der Waals surface area contributed by atoms with Crippen LogP contribution in [0, 0.1) is 11.6 Å². The van der Waals surface area contributed by atoms with E-state index >= 15 is 0 Å². The second-order valence-corrected chi connectivity index (χ2v) is 5.91. The SMILES string of the molecule is O=C(O)c1ccc2c(c1)n(-c1ccc(F)cc1)c(=O)n2-c1ccc(F)cc1. The highest BCUT2D eigenvalue weighted by Crippen LogP contribution is 2.23. The standard InChI is InChI=1S/C20H12F2N2O3/c21-13-2-6-15(7-3-13)23-17-10-1-12(19(25)26)11-18(17)24(20(23)27)16-8-4-14(22)5-9-16/h1-11H,(H,25,26). The van der Waals surface area contributed by atoms with Gasteiger partial charge in [0.15, 0.2) is 0 Å². The molecule has 0 spiro atoms. The third-order valence-electron chi connectivity index (χ3n) is 4.26. The Bertz CT molecular complexity index is 1220. The van der Waals surface area contributed by atoms with Crippen molar-refractivity contribution in [2.24, 2.45) is 0 Å². The second-order valence-electron chi connectivity index (χ2n) is 5.91. The van der Waals surface area contributed by atoms with E-state index in [1.165, 1.54) is 75.9 Å². The Balaban J connectivity index is 2.09. The summed E-state index contributed by atoms with van der Waals surface area (Å²) in [6, 6.07) is 14.9. The van der Waals surface area contributed by atoms with E-state index in [4.69, 9.17) is 0 Å². The topological polar surface area (TPSA) is 64.2 Å². The molecule has 0 fully saturated rings. The van der Waals surface area contributed by atoms with Crippen molar-refractivity contribution in [1.29, 1.82) is 0 Å². The Hall–Kier alpha value is -3.74. The molecule has 27 heavy (non-hydrogen) atoms. The maximum absolute atomic E-state index is 13.3. The monoisotopic (exact) mass is 366 g/mol. The number of rotatable bonds is 3. The molecule has 0 aliphatic carbocycles. The molecule has 4 rings (SSSR count). The van der Waals surface area contributed by atoms with E-state index in [2.05, 4.69) is 0 Å². The molecule has 0 unspecified atom stereocenters. The number of hydrogen-bond acceptors (Lipinski definition) is 2. The molecule has 1 N–H and O–H groups in total. The minimum atomic E-state index is -1.13. The van der Waals surface area contributed by atoms with Crippen molar-refractivity contribution in [1.82, 2.24) is 9.13 Å². The van der Waals surface area contributed by atoms with E-state index in [1.54, 1.807) is 0 Å². The van der Waals surface area contributed by atoms with Crippen molar-refractivity contribution >= 4 is 17.0 Å². The van der Waals surface area contributed by atoms with Crippen LogP contribution in [-0.2, 0) is 0 Å². The van der Waals surface area contributed by atoms with Crippen LogP contribution in [0.1, 0.15) is 10.4 Å². The van der Waals surface area contributed by atoms with Gasteiger partial charge in [-0.2, -0.15) is 0 Å². The number of benzene rings is 3. The summed E-state index contributed by atoms with van der Waals surface area (Å²) in [4.78, 5) is 24.5. The maximum Gasteiger partial charge on any atom is 0.338 e. The molecule has 5 nitrogen and oxygen atoms in total. The maximum atomic E-state index is 13.3. The highest BCUT2D eigenvalue weighted by atomic mass is 19.1. The Morgan fingerprint density at radius 3 is 1.70 bits per heavy atom. The van der Waals surface area contributed by atoms with E-state index in [0.29, 0.717) is 22.4 Å². The molecule has 0 saturated heterocycles. The lowest BCUT2D eigenvalue weighted by atomic mass is 10.2. The Kier molecular flexibility index (Phi) is 3.84. The summed E-state index contributed by atoms with van der Waals surface area (Å²) in [6.07, 6.45) is 0. The number of carboxylic acid groups (broad SMARTS) is 1. The van der Waals surface area contributed by atoms with Crippen LogP contribution in [-0.4, -0.2) is 20.2 Å². The lowest BCUT2D eigenvalue weighted by Crippen LogP contribution is -2.22. The number of hydrogen-bond donors (Lipinski definition) is 1. The number of imidazole rings is 1. The molecular weight excluding hydrogens is 354 g/mol. The Labute approximate surface area is 151 Å². The molecule has 134 valence electrons. The van der Waals surface area contributed by atoms with E-state index in [-0.39, 0.29) is 5.56 Å². The van der Waals surface area contributed by atoms with Crippen LogP contribution in [0.5, 0.6) is 0 Å². The predicted molar refractivity (Wildman–Crippen MR) is 95.7 cm³/mol. The summed E-state index contributed by atoms with van der Waals surface area (Å²) in [5.74, 6) is -2.04. The number of aromatic carboxylic acids is 1. The van der Waals surface area contributed by atoms with Crippen molar-refractivity contribution < 1.29 is 18.7 Å². The van der Waals surface area contributed by atoms with Gasteiger partial charge in [-0.05, 0) is 66.7 Å². The van der Waals surface area contributed by atoms with Crippen LogP contribution in [0.3, 0.4) is 0 Å². The van der Waals surface area contributed by atoms with E-state index in [1.807, 2.05) is 0 Å². The summed E-state index contributed by atoms with van der Waals surface area (Å²) in [5.41, 5.74) is 1.13. The average molecular weight is 366 g/mol. The number of nitrogens with zero attached hydrogens (tertiary/aromatic N) is 2. The molecule has 0 aliphatic heterocycles. The van der Waals surface area contributed by atoms with Crippen molar-refractivity contribution in [2.45, 2.75) is 0 Å². The fraction of sp³-hybridized carbons (Fsp3) is 0. The smallest absolute Gasteiger partial charge is 0.338 e. The molecule has 0 saturated carbocycles. The molecule has 7 heteroatoms. The van der Waals surface area contributed by atoms with E-state index in [0.717, 1.165) is 0 Å². The van der Waals surface area contributed by atoms with Gasteiger partial charge in [0.1, 0.15) is 11.6 Å². The van der Waals surface area contributed by atoms with Gasteiger partial charge in [-0.1, -0.05) is 0 Å². The van der Waals surface area contributed by atoms with Gasteiger partial charge in [-0.3, -0.25) is 9.13 Å². The van der Waals surface area contributed by atoms with Gasteiger partial charge < -0.3 is 5.11 Å². The number of fused-ring (bicyclic) bond motifs is 1. The molecule has 0 atom stereocenters. The molecular formula is C20H12F2N2O3. The summed E-state index contributed by atoms with van der Waals surface area (Å²) < 4.78 is 29.2. The first-order valence-electron chi connectivity index (χ1n) is 7.98. The Morgan fingerprint density at radius 1 is 0.741 bits per heavy atom. The van der Waals surface area contributed by atoms with Crippen LogP contribution in [0.4, 0.5) is 8.78 Å². The molecule has 0 aliphatic rings. The Morgan fingerprint density at radius 2 is 1.22 bits per heavy atom. The van der Waals surface area contributed by atoms with Gasteiger partial charge >= 0.3 is 11.7 Å². The van der Waals surface area contributed by atoms with Gasteiger partial charge in [0.2, 0.25) is 0 Å². The lowest BCUT2D eigenvalue weighted by molar-refractivity contribution is 0.0697. The van der Waals surface area contributed by atoms with Crippen LogP contribution in [0.25, 0.3) is 22.4 Å². The fourth-order valence-electron chi connectivity index (χ4n) is 3.01. The third-order valence-corrected chi connectivity index (χ3v) is 4.26. The van der Waals surface area contributed by atoms with Crippen LogP contribution >= 0.6 is 0 Å². The molecule has 1 aromatic heterocycles. The lowest BCUT2D eigenvalue weighted by Gasteiger charge is -2.03. The number of aromatic nitrogens is 2. The van der Waals surface area contributed by atoms with Gasteiger partial charge in [-0.15, -0.1) is 0 Å². The largest absolute Gasteiger partial charge is 0.478 e. The molecule has 0 radical (unpaired) electrons. The summed E-state index contributed by atoms with van der Waals surface area (Å²) >= 11 is 0. The third kappa shape index (κ3) is 2.79. The van der Waals surface area contributed by atoms with Gasteiger partial charge in [0.25, 0.3) is 0 Å². The van der Waals surface area contributed by atoms with Crippen molar-refractivity contribution in [3.63, 3.8) is 0 Å². The van der Waals surface area contributed by atoms with Crippen molar-refractivity contribution in [3.05, 3.63) is 94.4 Å². The molecule has 4 aromatic rings. The molecule has 0 bridgehead atoms. The predicted octanol–water partition coefficient (Wildman–Crippen LogP) is 3.76. The number of halogens is 2. The van der Waals surface area contributed by atoms with Crippen LogP contribution in [0.2, 0.25) is 0 Å². The highest BCUT2D eigenvalue weighted by Gasteiger charge is 2.18. The quantitative estimate of drug-likeness (QED) is 0.601. The van der Waals surface area contributed by atoms with Gasteiger partial charge in [0, 0.05) is 0 Å². The highest BCUT2D eigenvalue weighted by molar-refractivity contribution is 5.93. The van der Waals surface area contributed by atoms with Crippen molar-refractivity contribution in [2.75, 3.05) is 0 Å².